The Kier molecular flexibility index (Phi) is 6.54. The van der Waals surface area contributed by atoms with E-state index in [4.69, 9.17) is 16.6 Å². The van der Waals surface area contributed by atoms with Crippen LogP contribution in [0.3, 0.4) is 0 Å². The second-order valence-corrected chi connectivity index (χ2v) is 9.50. The number of hydrogen-bond donors (Lipinski definition) is 0. The highest BCUT2D eigenvalue weighted by molar-refractivity contribution is 7.98. The molecule has 0 N–H and O–H groups in total. The van der Waals surface area contributed by atoms with E-state index in [2.05, 4.69) is 19.6 Å². The highest BCUT2D eigenvalue weighted by Gasteiger charge is 2.32. The largest absolute Gasteiger partial charge is 0.573 e. The summed E-state index contributed by atoms with van der Waals surface area (Å²) in [6.45, 7) is 2.46. The first kappa shape index (κ1) is 23.8. The molecular weight excluding hydrogens is 501 g/mol. The fourth-order valence-corrected chi connectivity index (χ4v) is 4.84. The van der Waals surface area contributed by atoms with E-state index >= 15 is 0 Å². The van der Waals surface area contributed by atoms with Crippen molar-refractivity contribution in [2.75, 3.05) is 24.2 Å². The molecule has 3 heterocycles. The minimum Gasteiger partial charge on any atom is -0.406 e. The number of thioether (sulfide) groups is 1. The Balaban J connectivity index is 1.54. The number of rotatable bonds is 9. The fraction of sp³-hybridized carbons (Fsp3) is 0.348. The van der Waals surface area contributed by atoms with Crippen molar-refractivity contribution in [2.45, 2.75) is 30.8 Å². The van der Waals surface area contributed by atoms with Crippen LogP contribution in [0.5, 0.6) is 5.75 Å². The Labute approximate surface area is 208 Å². The van der Waals surface area contributed by atoms with Gasteiger partial charge in [0.1, 0.15) is 22.3 Å². The van der Waals surface area contributed by atoms with Gasteiger partial charge >= 0.3 is 6.36 Å². The van der Waals surface area contributed by atoms with Gasteiger partial charge in [-0.3, -0.25) is 9.38 Å². The number of benzene rings is 1. The lowest BCUT2D eigenvalue weighted by Gasteiger charge is -2.25. The fourth-order valence-electron chi connectivity index (χ4n) is 3.99. The van der Waals surface area contributed by atoms with Gasteiger partial charge in [0.05, 0.1) is 11.3 Å². The van der Waals surface area contributed by atoms with Crippen molar-refractivity contribution >= 4 is 34.8 Å². The summed E-state index contributed by atoms with van der Waals surface area (Å²) in [6.07, 6.45) is 8.61. The zero-order valence-corrected chi connectivity index (χ0v) is 20.3. The van der Waals surface area contributed by atoms with E-state index in [0.717, 1.165) is 36.5 Å². The molecule has 1 saturated carbocycles. The number of fused-ring (bicyclic) bond motifs is 1. The predicted molar refractivity (Wildman–Crippen MR) is 129 cm³/mol. The van der Waals surface area contributed by atoms with Crippen molar-refractivity contribution in [1.82, 2.24) is 23.9 Å². The van der Waals surface area contributed by atoms with Gasteiger partial charge in [0.25, 0.3) is 0 Å². The van der Waals surface area contributed by atoms with Gasteiger partial charge in [0.2, 0.25) is 0 Å². The van der Waals surface area contributed by atoms with Crippen LogP contribution in [0.25, 0.3) is 16.9 Å². The summed E-state index contributed by atoms with van der Waals surface area (Å²) in [5.41, 5.74) is 1.54. The normalized spacial score (nSPS) is 14.0. The standard InChI is InChI=1S/C23H22ClF3N6OS/c1-35-21-22(32(13-15-2-3-15)11-10-31-8-6-28-14-31)33-9-7-29-19(20(33)30-21)17-5-4-16(12-18(17)24)34-23(25,26)27/h4-9,12,14-15H,2-3,10-11,13H2,1H3. The molecule has 5 rings (SSSR count). The van der Waals surface area contributed by atoms with Gasteiger partial charge in [0.15, 0.2) is 5.65 Å². The Morgan fingerprint density at radius 3 is 2.71 bits per heavy atom. The molecule has 1 aliphatic carbocycles. The average molecular weight is 523 g/mol. The van der Waals surface area contributed by atoms with Gasteiger partial charge < -0.3 is 14.2 Å². The lowest BCUT2D eigenvalue weighted by Crippen LogP contribution is -2.31. The van der Waals surface area contributed by atoms with E-state index in [1.807, 2.05) is 27.6 Å². The van der Waals surface area contributed by atoms with E-state index in [1.54, 1.807) is 18.7 Å². The molecule has 0 unspecified atom stereocenters. The van der Waals surface area contributed by atoms with Gasteiger partial charge in [-0.05, 0) is 43.2 Å². The maximum absolute atomic E-state index is 12.6. The van der Waals surface area contributed by atoms with Gasteiger partial charge in [-0.25, -0.2) is 9.97 Å². The average Bonchev–Trinajstić information content (AvgIpc) is 3.32. The summed E-state index contributed by atoms with van der Waals surface area (Å²) < 4.78 is 45.9. The number of hydrogen-bond acceptors (Lipinski definition) is 6. The van der Waals surface area contributed by atoms with Crippen LogP contribution in [0.4, 0.5) is 19.0 Å². The van der Waals surface area contributed by atoms with E-state index in [1.165, 1.54) is 36.7 Å². The van der Waals surface area contributed by atoms with Crippen molar-refractivity contribution < 1.29 is 17.9 Å². The molecule has 0 bridgehead atoms. The number of nitrogens with zero attached hydrogens (tertiary/aromatic N) is 6. The Morgan fingerprint density at radius 1 is 1.23 bits per heavy atom. The Morgan fingerprint density at radius 2 is 2.06 bits per heavy atom. The third-order valence-electron chi connectivity index (χ3n) is 5.77. The van der Waals surface area contributed by atoms with Crippen molar-refractivity contribution in [2.24, 2.45) is 5.92 Å². The number of anilines is 1. The van der Waals surface area contributed by atoms with Crippen LogP contribution in [0.1, 0.15) is 12.8 Å². The minimum absolute atomic E-state index is 0.0949. The quantitative estimate of drug-likeness (QED) is 0.260. The SMILES string of the molecule is CSc1nc2c(-c3ccc(OC(F)(F)F)cc3Cl)nccn2c1N(CCn1ccnc1)CC1CC1. The zero-order chi connectivity index (χ0) is 24.6. The summed E-state index contributed by atoms with van der Waals surface area (Å²) in [5.74, 6) is 1.23. The second kappa shape index (κ2) is 9.62. The topological polar surface area (TPSA) is 60.5 Å². The second-order valence-electron chi connectivity index (χ2n) is 8.29. The molecule has 0 aliphatic heterocycles. The minimum atomic E-state index is -4.80. The van der Waals surface area contributed by atoms with E-state index in [-0.39, 0.29) is 10.8 Å². The number of ether oxygens (including phenoxy) is 1. The molecule has 7 nitrogen and oxygen atoms in total. The summed E-state index contributed by atoms with van der Waals surface area (Å²) in [7, 11) is 0. The van der Waals surface area contributed by atoms with E-state index in [0.29, 0.717) is 22.8 Å². The highest BCUT2D eigenvalue weighted by Crippen LogP contribution is 2.39. The summed E-state index contributed by atoms with van der Waals surface area (Å²) in [5, 5.41) is 0.941. The zero-order valence-electron chi connectivity index (χ0n) is 18.7. The number of imidazole rings is 2. The maximum Gasteiger partial charge on any atom is 0.573 e. The molecule has 35 heavy (non-hydrogen) atoms. The predicted octanol–water partition coefficient (Wildman–Crippen LogP) is 5.78. The van der Waals surface area contributed by atoms with Crippen LogP contribution in [0, 0.1) is 5.92 Å². The van der Waals surface area contributed by atoms with Crippen LogP contribution in [0.15, 0.2) is 54.3 Å². The third kappa shape index (κ3) is 5.35. The van der Waals surface area contributed by atoms with E-state index in [9.17, 15) is 13.2 Å². The molecular formula is C23H22ClF3N6OS. The molecule has 1 fully saturated rings. The van der Waals surface area contributed by atoms with Gasteiger partial charge in [-0.15, -0.1) is 24.9 Å². The van der Waals surface area contributed by atoms with Crippen LogP contribution in [0.2, 0.25) is 5.02 Å². The third-order valence-corrected chi connectivity index (χ3v) is 6.74. The molecule has 1 aliphatic rings. The maximum atomic E-state index is 12.6. The van der Waals surface area contributed by atoms with E-state index < -0.39 is 6.36 Å². The number of halogens is 4. The van der Waals surface area contributed by atoms with Gasteiger partial charge in [-0.1, -0.05) is 11.6 Å². The first-order chi connectivity index (χ1) is 16.8. The van der Waals surface area contributed by atoms with Crippen LogP contribution in [-0.4, -0.2) is 49.6 Å². The summed E-state index contributed by atoms with van der Waals surface area (Å²) >= 11 is 7.91. The molecule has 0 radical (unpaired) electrons. The number of aromatic nitrogens is 5. The van der Waals surface area contributed by atoms with Crippen LogP contribution in [-0.2, 0) is 6.54 Å². The van der Waals surface area contributed by atoms with Gasteiger partial charge in [0, 0.05) is 50.0 Å². The molecule has 12 heteroatoms. The highest BCUT2D eigenvalue weighted by atomic mass is 35.5. The first-order valence-corrected chi connectivity index (χ1v) is 12.6. The lowest BCUT2D eigenvalue weighted by molar-refractivity contribution is -0.274. The monoisotopic (exact) mass is 522 g/mol. The molecule has 0 amide bonds. The summed E-state index contributed by atoms with van der Waals surface area (Å²) in [4.78, 5) is 15.8. The molecule has 0 spiro atoms. The molecule has 0 atom stereocenters. The van der Waals surface area contributed by atoms with Crippen molar-refractivity contribution in [3.05, 3.63) is 54.3 Å². The van der Waals surface area contributed by atoms with Crippen molar-refractivity contribution in [1.29, 1.82) is 0 Å². The van der Waals surface area contributed by atoms with Crippen molar-refractivity contribution in [3.8, 4) is 17.0 Å². The van der Waals surface area contributed by atoms with Crippen LogP contribution >= 0.6 is 23.4 Å². The number of alkyl halides is 3. The molecule has 4 aromatic rings. The van der Waals surface area contributed by atoms with Gasteiger partial charge in [-0.2, -0.15) is 0 Å². The summed E-state index contributed by atoms with van der Waals surface area (Å²) in [6, 6.07) is 3.84. The Hall–Kier alpha value is -2.92. The molecule has 3 aromatic heterocycles. The molecule has 184 valence electrons. The smallest absolute Gasteiger partial charge is 0.406 e. The molecule has 1 aromatic carbocycles. The Bertz CT molecular complexity index is 1320. The van der Waals surface area contributed by atoms with Crippen LogP contribution < -0.4 is 9.64 Å². The first-order valence-electron chi connectivity index (χ1n) is 11.0. The van der Waals surface area contributed by atoms with Crippen molar-refractivity contribution in [3.63, 3.8) is 0 Å². The lowest BCUT2D eigenvalue weighted by atomic mass is 10.1. The molecule has 0 saturated heterocycles.